The van der Waals surface area contributed by atoms with Crippen LogP contribution in [0.25, 0.3) is 0 Å². The fraction of sp³-hybridized carbons (Fsp3) is 0.667. The fourth-order valence-corrected chi connectivity index (χ4v) is 6.94. The predicted molar refractivity (Wildman–Crippen MR) is 99.6 cm³/mol. The van der Waals surface area contributed by atoms with Gasteiger partial charge in [-0.15, -0.1) is 11.3 Å². The lowest BCUT2D eigenvalue weighted by molar-refractivity contribution is -0.149. The van der Waals surface area contributed by atoms with Crippen molar-refractivity contribution in [1.82, 2.24) is 9.80 Å². The molecule has 2 unspecified atom stereocenters. The highest BCUT2D eigenvalue weighted by Gasteiger charge is 2.50. The molecule has 0 aromatic carbocycles. The van der Waals surface area contributed by atoms with Gasteiger partial charge in [-0.25, -0.2) is 8.42 Å². The van der Waals surface area contributed by atoms with Crippen LogP contribution < -0.4 is 0 Å². The molecule has 2 amide bonds. The minimum absolute atomic E-state index is 0.00115. The maximum absolute atomic E-state index is 12.8. The molecular weight excluding hydrogens is 372 g/mol. The molecule has 6 nitrogen and oxygen atoms in total. The van der Waals surface area contributed by atoms with Crippen molar-refractivity contribution in [2.45, 2.75) is 44.2 Å². The van der Waals surface area contributed by atoms with Gasteiger partial charge in [-0.05, 0) is 30.7 Å². The van der Waals surface area contributed by atoms with Crippen molar-refractivity contribution in [2.24, 2.45) is 5.92 Å². The molecule has 1 aromatic heterocycles. The number of rotatable bonds is 4. The SMILES string of the molecule is O=C(CCc1cccs1)N1CCN(C(=O)C2CCC2)C2CS(=O)(=O)CC21. The highest BCUT2D eigenvalue weighted by atomic mass is 32.2. The Balaban J connectivity index is 1.47. The molecule has 2 atom stereocenters. The second kappa shape index (κ2) is 6.96. The number of aryl methyl sites for hydroxylation is 1. The molecule has 142 valence electrons. The molecule has 1 aliphatic carbocycles. The van der Waals surface area contributed by atoms with Crippen LogP contribution in [0.3, 0.4) is 0 Å². The molecule has 2 saturated heterocycles. The van der Waals surface area contributed by atoms with E-state index in [1.165, 1.54) is 0 Å². The molecule has 1 saturated carbocycles. The van der Waals surface area contributed by atoms with Crippen molar-refractivity contribution in [2.75, 3.05) is 24.6 Å². The summed E-state index contributed by atoms with van der Waals surface area (Å²) < 4.78 is 24.5. The third-order valence-corrected chi connectivity index (χ3v) is 8.53. The Kier molecular flexibility index (Phi) is 4.81. The lowest BCUT2D eigenvalue weighted by atomic mass is 9.83. The van der Waals surface area contributed by atoms with Gasteiger partial charge in [-0.2, -0.15) is 0 Å². The van der Waals surface area contributed by atoms with Crippen LogP contribution in [0.4, 0.5) is 0 Å². The van der Waals surface area contributed by atoms with Gasteiger partial charge in [-0.1, -0.05) is 12.5 Å². The Morgan fingerprint density at radius 2 is 1.81 bits per heavy atom. The summed E-state index contributed by atoms with van der Waals surface area (Å²) in [7, 11) is -3.22. The minimum atomic E-state index is -3.22. The molecule has 3 heterocycles. The van der Waals surface area contributed by atoms with Gasteiger partial charge in [0.1, 0.15) is 0 Å². The Bertz CT molecular complexity index is 786. The first-order valence-electron chi connectivity index (χ1n) is 9.27. The zero-order valence-corrected chi connectivity index (χ0v) is 16.3. The van der Waals surface area contributed by atoms with E-state index in [4.69, 9.17) is 0 Å². The summed E-state index contributed by atoms with van der Waals surface area (Å²) in [5.74, 6) is 0.122. The Morgan fingerprint density at radius 1 is 1.12 bits per heavy atom. The Hall–Kier alpha value is -1.41. The molecule has 8 heteroatoms. The molecule has 0 radical (unpaired) electrons. The maximum Gasteiger partial charge on any atom is 0.226 e. The topological polar surface area (TPSA) is 74.8 Å². The van der Waals surface area contributed by atoms with Gasteiger partial charge < -0.3 is 9.80 Å². The van der Waals surface area contributed by atoms with E-state index in [0.717, 1.165) is 24.1 Å². The van der Waals surface area contributed by atoms with Crippen LogP contribution in [0.5, 0.6) is 0 Å². The summed E-state index contributed by atoms with van der Waals surface area (Å²) in [5.41, 5.74) is 0. The zero-order chi connectivity index (χ0) is 18.3. The Labute approximate surface area is 158 Å². The quantitative estimate of drug-likeness (QED) is 0.769. The summed E-state index contributed by atoms with van der Waals surface area (Å²) >= 11 is 1.63. The smallest absolute Gasteiger partial charge is 0.226 e. The van der Waals surface area contributed by atoms with E-state index in [0.29, 0.717) is 25.9 Å². The van der Waals surface area contributed by atoms with Crippen LogP contribution in [0.15, 0.2) is 17.5 Å². The number of nitrogens with zero attached hydrogens (tertiary/aromatic N) is 2. The molecule has 1 aromatic rings. The summed E-state index contributed by atoms with van der Waals surface area (Å²) in [6.07, 6.45) is 3.96. The number of thiophene rings is 1. The van der Waals surface area contributed by atoms with Crippen molar-refractivity contribution in [1.29, 1.82) is 0 Å². The molecule has 2 aliphatic heterocycles. The van der Waals surface area contributed by atoms with Crippen LogP contribution in [0.2, 0.25) is 0 Å². The predicted octanol–water partition coefficient (Wildman–Crippen LogP) is 1.32. The van der Waals surface area contributed by atoms with Crippen molar-refractivity contribution >= 4 is 33.0 Å². The van der Waals surface area contributed by atoms with Crippen molar-refractivity contribution in [3.8, 4) is 0 Å². The first kappa shape index (κ1) is 18.0. The molecule has 26 heavy (non-hydrogen) atoms. The summed E-state index contributed by atoms with van der Waals surface area (Å²) in [6.45, 7) is 0.898. The van der Waals surface area contributed by atoms with Crippen LogP contribution in [0.1, 0.15) is 30.6 Å². The highest BCUT2D eigenvalue weighted by molar-refractivity contribution is 7.91. The van der Waals surface area contributed by atoms with Crippen molar-refractivity contribution < 1.29 is 18.0 Å². The van der Waals surface area contributed by atoms with Gasteiger partial charge >= 0.3 is 0 Å². The molecule has 0 spiro atoms. The Morgan fingerprint density at radius 3 is 2.42 bits per heavy atom. The van der Waals surface area contributed by atoms with Gasteiger partial charge in [0.15, 0.2) is 9.84 Å². The largest absolute Gasteiger partial charge is 0.335 e. The second-order valence-electron chi connectivity index (χ2n) is 7.54. The summed E-state index contributed by atoms with van der Waals surface area (Å²) in [5, 5.41) is 1.99. The van der Waals surface area contributed by atoms with E-state index in [-0.39, 0.29) is 41.3 Å². The zero-order valence-electron chi connectivity index (χ0n) is 14.7. The number of carbonyl (C=O) groups is 2. The number of carbonyl (C=O) groups excluding carboxylic acids is 2. The number of hydrogen-bond donors (Lipinski definition) is 0. The third kappa shape index (κ3) is 3.41. The van der Waals surface area contributed by atoms with Gasteiger partial charge in [-0.3, -0.25) is 9.59 Å². The second-order valence-corrected chi connectivity index (χ2v) is 10.7. The molecule has 3 fully saturated rings. The first-order chi connectivity index (χ1) is 12.4. The lowest BCUT2D eigenvalue weighted by Crippen LogP contribution is -2.63. The highest BCUT2D eigenvalue weighted by Crippen LogP contribution is 2.33. The minimum Gasteiger partial charge on any atom is -0.335 e. The van der Waals surface area contributed by atoms with Crippen LogP contribution in [-0.2, 0) is 25.8 Å². The molecule has 0 bridgehead atoms. The average molecular weight is 397 g/mol. The van der Waals surface area contributed by atoms with E-state index < -0.39 is 9.84 Å². The van der Waals surface area contributed by atoms with E-state index in [1.54, 1.807) is 21.1 Å². The first-order valence-corrected chi connectivity index (χ1v) is 12.0. The van der Waals surface area contributed by atoms with Gasteiger partial charge in [0.2, 0.25) is 11.8 Å². The van der Waals surface area contributed by atoms with Crippen molar-refractivity contribution in [3.63, 3.8) is 0 Å². The fourth-order valence-electron chi connectivity index (χ4n) is 4.25. The van der Waals surface area contributed by atoms with Gasteiger partial charge in [0.25, 0.3) is 0 Å². The molecule has 0 N–H and O–H groups in total. The number of fused-ring (bicyclic) bond motifs is 1. The number of sulfone groups is 1. The van der Waals surface area contributed by atoms with E-state index >= 15 is 0 Å². The average Bonchev–Trinajstić information content (AvgIpc) is 3.15. The number of piperazine rings is 1. The van der Waals surface area contributed by atoms with Crippen LogP contribution in [-0.4, -0.2) is 66.7 Å². The van der Waals surface area contributed by atoms with Crippen LogP contribution >= 0.6 is 11.3 Å². The van der Waals surface area contributed by atoms with Crippen molar-refractivity contribution in [3.05, 3.63) is 22.4 Å². The summed E-state index contributed by atoms with van der Waals surface area (Å²) in [4.78, 5) is 30.1. The number of hydrogen-bond acceptors (Lipinski definition) is 5. The molecule has 3 aliphatic rings. The monoisotopic (exact) mass is 396 g/mol. The third-order valence-electron chi connectivity index (χ3n) is 5.90. The standard InChI is InChI=1S/C18H24N2O4S2/c21-17(7-6-14-5-2-10-25-14)19-8-9-20(18(22)13-3-1-4-13)16-12-26(23,24)11-15(16)19/h2,5,10,13,15-16H,1,3-4,6-9,11-12H2. The van der Waals surface area contributed by atoms with E-state index in [9.17, 15) is 18.0 Å². The summed E-state index contributed by atoms with van der Waals surface area (Å²) in [6, 6.07) is 3.23. The number of amides is 2. The lowest BCUT2D eigenvalue weighted by Gasteiger charge is -2.45. The van der Waals surface area contributed by atoms with Gasteiger partial charge in [0.05, 0.1) is 23.6 Å². The molecule has 4 rings (SSSR count). The maximum atomic E-state index is 12.8. The van der Waals surface area contributed by atoms with Gasteiger partial charge in [0, 0.05) is 30.3 Å². The normalized spacial score (nSPS) is 27.8. The van der Waals surface area contributed by atoms with E-state index in [1.807, 2.05) is 17.5 Å². The van der Waals surface area contributed by atoms with E-state index in [2.05, 4.69) is 0 Å². The van der Waals surface area contributed by atoms with Crippen LogP contribution in [0, 0.1) is 5.92 Å². The molecular formula is C18H24N2O4S2.